The van der Waals surface area contributed by atoms with E-state index in [-0.39, 0.29) is 23.9 Å². The lowest BCUT2D eigenvalue weighted by Crippen LogP contribution is -2.33. The van der Waals surface area contributed by atoms with Crippen molar-refractivity contribution in [2.45, 2.75) is 25.4 Å². The zero-order chi connectivity index (χ0) is 11.5. The number of amides is 1. The summed E-state index contributed by atoms with van der Waals surface area (Å²) in [4.78, 5) is 15.8. The Morgan fingerprint density at radius 2 is 2.50 bits per heavy atom. The average molecular weight is 221 g/mol. The third-order valence-corrected chi connectivity index (χ3v) is 2.66. The largest absolute Gasteiger partial charge is 0.346 e. The van der Waals surface area contributed by atoms with Gasteiger partial charge in [0, 0.05) is 6.04 Å². The van der Waals surface area contributed by atoms with Gasteiger partial charge in [0.25, 0.3) is 0 Å². The minimum absolute atomic E-state index is 0.00339. The third-order valence-electron chi connectivity index (χ3n) is 2.66. The number of H-pyrrole nitrogens is 1. The number of aromatic amines is 1. The number of hydrogen-bond acceptors (Lipinski definition) is 4. The molecule has 16 heavy (non-hydrogen) atoms. The molecule has 3 atom stereocenters. The average Bonchev–Trinajstić information content (AvgIpc) is 2.87. The van der Waals surface area contributed by atoms with E-state index in [4.69, 9.17) is 5.73 Å². The molecule has 6 nitrogen and oxygen atoms in total. The van der Waals surface area contributed by atoms with E-state index in [2.05, 4.69) is 20.5 Å². The van der Waals surface area contributed by atoms with Gasteiger partial charge in [0.05, 0.1) is 12.0 Å². The molecular formula is C10H15N5O. The second kappa shape index (κ2) is 4.44. The van der Waals surface area contributed by atoms with E-state index in [1.807, 2.05) is 19.1 Å². The zero-order valence-electron chi connectivity index (χ0n) is 9.05. The van der Waals surface area contributed by atoms with Crippen molar-refractivity contribution in [1.29, 1.82) is 0 Å². The van der Waals surface area contributed by atoms with Crippen LogP contribution in [0.5, 0.6) is 0 Å². The molecule has 1 amide bonds. The van der Waals surface area contributed by atoms with Crippen LogP contribution in [0.15, 0.2) is 18.5 Å². The predicted octanol–water partition coefficient (Wildman–Crippen LogP) is -0.115. The topological polar surface area (TPSA) is 96.7 Å². The van der Waals surface area contributed by atoms with Crippen LogP contribution in [0, 0.1) is 5.92 Å². The van der Waals surface area contributed by atoms with Gasteiger partial charge in [-0.15, -0.1) is 0 Å². The Balaban J connectivity index is 1.90. The SMILES string of the molecule is CC(NC(=O)C1C=CC(N)C1)c1ncn[nH]1. The Morgan fingerprint density at radius 1 is 1.69 bits per heavy atom. The summed E-state index contributed by atoms with van der Waals surface area (Å²) in [5.74, 6) is 0.507. The molecule has 0 aliphatic heterocycles. The summed E-state index contributed by atoms with van der Waals surface area (Å²) in [6.45, 7) is 1.86. The van der Waals surface area contributed by atoms with Crippen LogP contribution in [-0.2, 0) is 4.79 Å². The van der Waals surface area contributed by atoms with E-state index < -0.39 is 0 Å². The first-order chi connectivity index (χ1) is 7.66. The highest BCUT2D eigenvalue weighted by molar-refractivity contribution is 5.81. The van der Waals surface area contributed by atoms with Gasteiger partial charge >= 0.3 is 0 Å². The number of nitrogens with one attached hydrogen (secondary N) is 2. The fourth-order valence-corrected chi connectivity index (χ4v) is 1.73. The van der Waals surface area contributed by atoms with Crippen LogP contribution in [-0.4, -0.2) is 27.1 Å². The molecule has 0 spiro atoms. The Hall–Kier alpha value is -1.69. The summed E-state index contributed by atoms with van der Waals surface area (Å²) in [7, 11) is 0. The molecule has 0 saturated carbocycles. The lowest BCUT2D eigenvalue weighted by molar-refractivity contribution is -0.124. The maximum absolute atomic E-state index is 11.8. The highest BCUT2D eigenvalue weighted by Crippen LogP contribution is 2.17. The van der Waals surface area contributed by atoms with Crippen molar-refractivity contribution in [2.75, 3.05) is 0 Å². The van der Waals surface area contributed by atoms with Crippen LogP contribution in [0.3, 0.4) is 0 Å². The van der Waals surface area contributed by atoms with Crippen molar-refractivity contribution in [3.63, 3.8) is 0 Å². The molecule has 0 fully saturated rings. The molecule has 0 radical (unpaired) electrons. The Labute approximate surface area is 93.3 Å². The van der Waals surface area contributed by atoms with Gasteiger partial charge in [-0.2, -0.15) is 5.10 Å². The number of nitrogens with two attached hydrogens (primary N) is 1. The fourth-order valence-electron chi connectivity index (χ4n) is 1.73. The fraction of sp³-hybridized carbons (Fsp3) is 0.500. The number of aromatic nitrogens is 3. The van der Waals surface area contributed by atoms with Crippen molar-refractivity contribution < 1.29 is 4.79 Å². The van der Waals surface area contributed by atoms with Crippen molar-refractivity contribution in [2.24, 2.45) is 11.7 Å². The van der Waals surface area contributed by atoms with Crippen LogP contribution in [0.2, 0.25) is 0 Å². The normalized spacial score (nSPS) is 25.6. The van der Waals surface area contributed by atoms with Gasteiger partial charge < -0.3 is 11.1 Å². The van der Waals surface area contributed by atoms with Gasteiger partial charge in [-0.05, 0) is 13.3 Å². The van der Waals surface area contributed by atoms with Crippen LogP contribution in [0.1, 0.15) is 25.2 Å². The highest BCUT2D eigenvalue weighted by Gasteiger charge is 2.24. The van der Waals surface area contributed by atoms with Crippen molar-refractivity contribution in [3.8, 4) is 0 Å². The van der Waals surface area contributed by atoms with E-state index in [9.17, 15) is 4.79 Å². The summed E-state index contributed by atoms with van der Waals surface area (Å²) >= 11 is 0. The van der Waals surface area contributed by atoms with Crippen molar-refractivity contribution in [1.82, 2.24) is 20.5 Å². The van der Waals surface area contributed by atoms with Gasteiger partial charge in [-0.1, -0.05) is 12.2 Å². The van der Waals surface area contributed by atoms with E-state index in [0.717, 1.165) is 0 Å². The first kappa shape index (κ1) is 10.8. The van der Waals surface area contributed by atoms with Crippen molar-refractivity contribution in [3.05, 3.63) is 24.3 Å². The van der Waals surface area contributed by atoms with Gasteiger partial charge in [-0.25, -0.2) is 4.98 Å². The maximum Gasteiger partial charge on any atom is 0.227 e. The van der Waals surface area contributed by atoms with Gasteiger partial charge in [-0.3, -0.25) is 9.89 Å². The molecule has 1 aliphatic carbocycles. The minimum atomic E-state index is -0.166. The molecule has 86 valence electrons. The van der Waals surface area contributed by atoms with Crippen LogP contribution >= 0.6 is 0 Å². The molecule has 0 aromatic carbocycles. The van der Waals surface area contributed by atoms with Crippen LogP contribution in [0.25, 0.3) is 0 Å². The van der Waals surface area contributed by atoms with Crippen LogP contribution < -0.4 is 11.1 Å². The maximum atomic E-state index is 11.8. The standard InChI is InChI=1S/C10H15N5O/c1-6(9-12-5-13-15-9)14-10(16)7-2-3-8(11)4-7/h2-3,5-8H,4,11H2,1H3,(H,14,16)(H,12,13,15). The van der Waals surface area contributed by atoms with E-state index in [1.54, 1.807) is 0 Å². The molecule has 1 aliphatic rings. The Morgan fingerprint density at radius 3 is 3.06 bits per heavy atom. The molecule has 1 aromatic heterocycles. The first-order valence-electron chi connectivity index (χ1n) is 5.26. The molecule has 1 aromatic rings. The summed E-state index contributed by atoms with van der Waals surface area (Å²) in [6, 6.07) is -0.170. The quantitative estimate of drug-likeness (QED) is 0.620. The molecule has 4 N–H and O–H groups in total. The summed E-state index contributed by atoms with van der Waals surface area (Å²) in [6.07, 6.45) is 5.81. The predicted molar refractivity (Wildman–Crippen MR) is 58.2 cm³/mol. The zero-order valence-corrected chi connectivity index (χ0v) is 9.05. The summed E-state index contributed by atoms with van der Waals surface area (Å²) in [5, 5.41) is 9.33. The second-order valence-corrected chi connectivity index (χ2v) is 3.99. The van der Waals surface area contributed by atoms with E-state index >= 15 is 0 Å². The molecule has 2 rings (SSSR count). The molecule has 3 unspecified atom stereocenters. The smallest absolute Gasteiger partial charge is 0.227 e. The lowest BCUT2D eigenvalue weighted by atomic mass is 10.1. The number of carbonyl (C=O) groups is 1. The van der Waals surface area contributed by atoms with E-state index in [1.165, 1.54) is 6.33 Å². The molecular weight excluding hydrogens is 206 g/mol. The highest BCUT2D eigenvalue weighted by atomic mass is 16.1. The minimum Gasteiger partial charge on any atom is -0.346 e. The number of rotatable bonds is 3. The summed E-state index contributed by atoms with van der Waals surface area (Å²) < 4.78 is 0. The van der Waals surface area contributed by atoms with Crippen molar-refractivity contribution >= 4 is 5.91 Å². The number of hydrogen-bond donors (Lipinski definition) is 3. The van der Waals surface area contributed by atoms with E-state index in [0.29, 0.717) is 12.2 Å². The van der Waals surface area contributed by atoms with Crippen LogP contribution in [0.4, 0.5) is 0 Å². The molecule has 1 heterocycles. The molecule has 6 heteroatoms. The van der Waals surface area contributed by atoms with Gasteiger partial charge in [0.15, 0.2) is 0 Å². The van der Waals surface area contributed by atoms with Gasteiger partial charge in [0.1, 0.15) is 12.2 Å². The monoisotopic (exact) mass is 221 g/mol. The third kappa shape index (κ3) is 2.27. The first-order valence-corrected chi connectivity index (χ1v) is 5.26. The Kier molecular flexibility index (Phi) is 3.00. The lowest BCUT2D eigenvalue weighted by Gasteiger charge is -2.14. The second-order valence-electron chi connectivity index (χ2n) is 3.99. The number of nitrogens with zero attached hydrogens (tertiary/aromatic N) is 2. The Bertz CT molecular complexity index is 386. The van der Waals surface area contributed by atoms with Gasteiger partial charge in [0.2, 0.25) is 5.91 Å². The summed E-state index contributed by atoms with van der Waals surface area (Å²) in [5.41, 5.74) is 5.69. The molecule has 0 bridgehead atoms. The molecule has 0 saturated heterocycles. The number of carbonyl (C=O) groups excluding carboxylic acids is 1.